The van der Waals surface area contributed by atoms with Crippen LogP contribution in [0.15, 0.2) is 70.4 Å². The van der Waals surface area contributed by atoms with E-state index in [9.17, 15) is 4.79 Å². The number of aromatic nitrogens is 5. The molecule has 0 bridgehead atoms. The summed E-state index contributed by atoms with van der Waals surface area (Å²) in [4.78, 5) is 15.5. The summed E-state index contributed by atoms with van der Waals surface area (Å²) in [5, 5.41) is 22.6. The molecule has 13 heteroatoms. The standard InChI is InChI=1S/C29H28ClN9O3/c30-22-11-12-25(41-18-20-9-6-8-19-7-2-3-10-23(19)20)21(15-22)16-32-34-29(40)26-24(17-38-13-4-1-5-14-38)39(37-33-26)28-27(31)35-42-36-28/h2-3,6-12,15-16H,1,4-5,13-14,17-18H2,(H2,31,35)(H,34,40)/b32-16-. The zero-order valence-electron chi connectivity index (χ0n) is 22.6. The monoisotopic (exact) mass is 585 g/mol. The van der Waals surface area contributed by atoms with Crippen molar-refractivity contribution in [3.63, 3.8) is 0 Å². The SMILES string of the molecule is Nc1nonc1-n1nnc(C(=O)N/N=C\c2cc(Cl)ccc2OCc2cccc3ccccc23)c1CN1CCCCC1. The second kappa shape index (κ2) is 12.4. The van der Waals surface area contributed by atoms with Crippen LogP contribution < -0.4 is 15.9 Å². The molecule has 0 saturated carbocycles. The molecule has 3 N–H and O–H groups in total. The molecule has 42 heavy (non-hydrogen) atoms. The molecule has 2 aromatic heterocycles. The van der Waals surface area contributed by atoms with Crippen molar-refractivity contribution in [2.75, 3.05) is 18.8 Å². The van der Waals surface area contributed by atoms with Gasteiger partial charge in [-0.25, -0.2) is 10.1 Å². The molecule has 0 unspecified atom stereocenters. The Morgan fingerprint density at radius 1 is 1.10 bits per heavy atom. The van der Waals surface area contributed by atoms with Crippen molar-refractivity contribution in [1.29, 1.82) is 0 Å². The fourth-order valence-electron chi connectivity index (χ4n) is 5.00. The number of likely N-dealkylation sites (tertiary alicyclic amines) is 1. The number of benzene rings is 3. The van der Waals surface area contributed by atoms with E-state index < -0.39 is 5.91 Å². The lowest BCUT2D eigenvalue weighted by Gasteiger charge is -2.26. The van der Waals surface area contributed by atoms with Gasteiger partial charge in [-0.05, 0) is 70.8 Å². The number of ether oxygens (including phenoxy) is 1. The highest BCUT2D eigenvalue weighted by Gasteiger charge is 2.26. The van der Waals surface area contributed by atoms with Crippen molar-refractivity contribution >= 4 is 40.3 Å². The van der Waals surface area contributed by atoms with E-state index in [-0.39, 0.29) is 17.3 Å². The predicted octanol–water partition coefficient (Wildman–Crippen LogP) is 4.37. The van der Waals surface area contributed by atoms with Gasteiger partial charge in [-0.2, -0.15) is 9.78 Å². The largest absolute Gasteiger partial charge is 0.488 e. The molecule has 1 fully saturated rings. The second-order valence-corrected chi connectivity index (χ2v) is 10.4. The molecular weight excluding hydrogens is 558 g/mol. The van der Waals surface area contributed by atoms with Crippen LogP contribution in [0.1, 0.15) is 46.6 Å². The van der Waals surface area contributed by atoms with Gasteiger partial charge in [-0.1, -0.05) is 65.7 Å². The molecule has 0 aliphatic carbocycles. The molecule has 1 aliphatic heterocycles. The molecule has 3 aromatic carbocycles. The fraction of sp³-hybridized carbons (Fsp3) is 0.241. The number of fused-ring (bicyclic) bond motifs is 1. The van der Waals surface area contributed by atoms with Crippen molar-refractivity contribution in [1.82, 2.24) is 35.6 Å². The maximum atomic E-state index is 13.2. The molecule has 1 saturated heterocycles. The Morgan fingerprint density at radius 2 is 1.93 bits per heavy atom. The predicted molar refractivity (Wildman–Crippen MR) is 158 cm³/mol. The van der Waals surface area contributed by atoms with Crippen molar-refractivity contribution in [3.05, 3.63) is 88.2 Å². The number of nitrogens with one attached hydrogen (secondary N) is 1. The third-order valence-electron chi connectivity index (χ3n) is 7.10. The van der Waals surface area contributed by atoms with E-state index in [4.69, 9.17) is 26.7 Å². The number of nitrogen functional groups attached to an aromatic ring is 1. The normalized spacial score (nSPS) is 14.0. The van der Waals surface area contributed by atoms with Gasteiger partial charge in [0, 0.05) is 17.1 Å². The van der Waals surface area contributed by atoms with Gasteiger partial charge in [0.05, 0.1) is 11.9 Å². The summed E-state index contributed by atoms with van der Waals surface area (Å²) in [6.45, 7) is 2.56. The van der Waals surface area contributed by atoms with Gasteiger partial charge >= 0.3 is 0 Å². The Balaban J connectivity index is 1.20. The smallest absolute Gasteiger partial charge is 0.293 e. The molecule has 1 aliphatic rings. The first-order valence-corrected chi connectivity index (χ1v) is 13.9. The lowest BCUT2D eigenvalue weighted by atomic mass is 10.1. The molecule has 214 valence electrons. The Bertz CT molecular complexity index is 1740. The zero-order valence-corrected chi connectivity index (χ0v) is 23.4. The first-order chi connectivity index (χ1) is 20.6. The van der Waals surface area contributed by atoms with Crippen molar-refractivity contribution < 1.29 is 14.2 Å². The van der Waals surface area contributed by atoms with Gasteiger partial charge in [0.2, 0.25) is 11.6 Å². The van der Waals surface area contributed by atoms with E-state index >= 15 is 0 Å². The first kappa shape index (κ1) is 27.4. The third-order valence-corrected chi connectivity index (χ3v) is 7.34. The Labute approximate surface area is 246 Å². The van der Waals surface area contributed by atoms with Crippen molar-refractivity contribution in [3.8, 4) is 11.6 Å². The minimum atomic E-state index is -0.542. The van der Waals surface area contributed by atoms with Crippen molar-refractivity contribution in [2.24, 2.45) is 5.10 Å². The van der Waals surface area contributed by atoms with Gasteiger partial charge < -0.3 is 10.5 Å². The van der Waals surface area contributed by atoms with Crippen molar-refractivity contribution in [2.45, 2.75) is 32.4 Å². The lowest BCUT2D eigenvalue weighted by Crippen LogP contribution is -2.31. The van der Waals surface area contributed by atoms with Crippen LogP contribution in [0.25, 0.3) is 16.6 Å². The number of carbonyl (C=O) groups is 1. The summed E-state index contributed by atoms with van der Waals surface area (Å²) in [7, 11) is 0. The van der Waals surface area contributed by atoms with E-state index in [0.717, 1.165) is 42.3 Å². The first-order valence-electron chi connectivity index (χ1n) is 13.5. The average molecular weight is 586 g/mol. The Kier molecular flexibility index (Phi) is 8.06. The van der Waals surface area contributed by atoms with Crippen LogP contribution in [-0.4, -0.2) is 55.4 Å². The van der Waals surface area contributed by atoms with E-state index in [2.05, 4.69) is 54.3 Å². The van der Waals surface area contributed by atoms with Gasteiger partial charge in [-0.3, -0.25) is 9.69 Å². The van der Waals surface area contributed by atoms with E-state index in [0.29, 0.717) is 35.2 Å². The number of halogens is 1. The van der Waals surface area contributed by atoms with Crippen LogP contribution in [0.2, 0.25) is 5.02 Å². The molecule has 12 nitrogen and oxygen atoms in total. The summed E-state index contributed by atoms with van der Waals surface area (Å²) in [5.74, 6) is 0.238. The number of piperidine rings is 1. The highest BCUT2D eigenvalue weighted by atomic mass is 35.5. The Morgan fingerprint density at radius 3 is 2.76 bits per heavy atom. The van der Waals surface area contributed by atoms with Gasteiger partial charge in [0.15, 0.2) is 5.69 Å². The number of hydrogen-bond donors (Lipinski definition) is 2. The maximum absolute atomic E-state index is 13.2. The number of rotatable bonds is 9. The summed E-state index contributed by atoms with van der Waals surface area (Å²) in [6.07, 6.45) is 4.81. The van der Waals surface area contributed by atoms with Crippen LogP contribution in [0.3, 0.4) is 0 Å². The molecule has 1 amide bonds. The summed E-state index contributed by atoms with van der Waals surface area (Å²) < 4.78 is 12.3. The molecule has 6 rings (SSSR count). The lowest BCUT2D eigenvalue weighted by molar-refractivity contribution is 0.0947. The highest BCUT2D eigenvalue weighted by Crippen LogP contribution is 2.25. The molecular formula is C29H28ClN9O3. The second-order valence-electron chi connectivity index (χ2n) is 9.91. The topological polar surface area (TPSA) is 150 Å². The number of nitrogens with zero attached hydrogens (tertiary/aromatic N) is 7. The van der Waals surface area contributed by atoms with Crippen LogP contribution in [0, 0.1) is 0 Å². The number of hydrogen-bond acceptors (Lipinski definition) is 10. The number of hydrazone groups is 1. The van der Waals surface area contributed by atoms with Crippen LogP contribution in [0.5, 0.6) is 5.75 Å². The molecule has 0 spiro atoms. The van der Waals surface area contributed by atoms with Gasteiger partial charge in [-0.15, -0.1) is 5.10 Å². The average Bonchev–Trinajstić information content (AvgIpc) is 3.62. The van der Waals surface area contributed by atoms with Crippen LogP contribution >= 0.6 is 11.6 Å². The van der Waals surface area contributed by atoms with E-state index in [1.807, 2.05) is 24.3 Å². The number of amides is 1. The number of anilines is 1. The summed E-state index contributed by atoms with van der Waals surface area (Å²) in [5.41, 5.74) is 10.7. The number of nitrogens with two attached hydrogens (primary N) is 1. The van der Waals surface area contributed by atoms with E-state index in [1.165, 1.54) is 17.3 Å². The van der Waals surface area contributed by atoms with Gasteiger partial charge in [0.25, 0.3) is 5.91 Å². The minimum absolute atomic E-state index is 0.0433. The summed E-state index contributed by atoms with van der Waals surface area (Å²) >= 11 is 6.27. The van der Waals surface area contributed by atoms with Gasteiger partial charge in [0.1, 0.15) is 12.4 Å². The molecule has 0 radical (unpaired) electrons. The highest BCUT2D eigenvalue weighted by molar-refractivity contribution is 6.30. The number of carbonyl (C=O) groups excluding carboxylic acids is 1. The summed E-state index contributed by atoms with van der Waals surface area (Å²) in [6, 6.07) is 19.5. The molecule has 5 aromatic rings. The third kappa shape index (κ3) is 5.94. The molecule has 3 heterocycles. The van der Waals surface area contributed by atoms with Crippen LogP contribution in [0.4, 0.5) is 5.82 Å². The quantitative estimate of drug-likeness (QED) is 0.190. The van der Waals surface area contributed by atoms with Crippen LogP contribution in [-0.2, 0) is 13.2 Å². The zero-order chi connectivity index (χ0) is 28.9. The maximum Gasteiger partial charge on any atom is 0.293 e. The van der Waals surface area contributed by atoms with E-state index in [1.54, 1.807) is 18.2 Å². The Hall–Kier alpha value is -4.81. The molecule has 0 atom stereocenters. The fourth-order valence-corrected chi connectivity index (χ4v) is 5.18. The minimum Gasteiger partial charge on any atom is -0.488 e.